The van der Waals surface area contributed by atoms with Gasteiger partial charge in [0.2, 0.25) is 0 Å². The molecule has 2 aromatic rings. The first kappa shape index (κ1) is 21.8. The average molecular weight is 419 g/mol. The van der Waals surface area contributed by atoms with E-state index >= 15 is 0 Å². The number of hydrogen-bond acceptors (Lipinski definition) is 6. The van der Waals surface area contributed by atoms with Crippen LogP contribution < -0.4 is 5.32 Å². The van der Waals surface area contributed by atoms with Crippen LogP contribution in [0.1, 0.15) is 35.6 Å². The number of likely N-dealkylation sites (tertiary alicyclic amines) is 1. The third-order valence-corrected chi connectivity index (χ3v) is 5.19. The third-order valence-electron chi connectivity index (χ3n) is 5.19. The molecule has 1 aliphatic rings. The van der Waals surface area contributed by atoms with E-state index < -0.39 is 11.7 Å². The van der Waals surface area contributed by atoms with E-state index in [2.05, 4.69) is 20.3 Å². The number of phenols is 1. The molecule has 0 spiro atoms. The smallest absolute Gasteiger partial charge is 0.418 e. The lowest BCUT2D eigenvalue weighted by Crippen LogP contribution is -2.34. The summed E-state index contributed by atoms with van der Waals surface area (Å²) < 4.78 is 39.1. The molecule has 0 bridgehead atoms. The molecule has 6 nitrogen and oxygen atoms in total. The normalized spacial score (nSPS) is 16.4. The number of piperidine rings is 1. The maximum Gasteiger partial charge on any atom is 0.418 e. The van der Waals surface area contributed by atoms with Gasteiger partial charge in [-0.3, -0.25) is 9.88 Å². The number of nitrogens with zero attached hydrogens (tertiary/aromatic N) is 3. The van der Waals surface area contributed by atoms with Crippen molar-refractivity contribution in [3.63, 3.8) is 0 Å². The molecule has 3 rings (SSSR count). The lowest BCUT2D eigenvalue weighted by atomic mass is 9.89. The highest BCUT2D eigenvalue weighted by atomic mass is 19.4. The van der Waals surface area contributed by atoms with Gasteiger partial charge in [0.05, 0.1) is 23.5 Å². The van der Waals surface area contributed by atoms with Crippen molar-refractivity contribution in [2.75, 3.05) is 19.6 Å². The van der Waals surface area contributed by atoms with Crippen LogP contribution in [0.15, 0.2) is 59.6 Å². The first-order valence-electron chi connectivity index (χ1n) is 9.69. The first-order chi connectivity index (χ1) is 14.4. The summed E-state index contributed by atoms with van der Waals surface area (Å²) in [6, 6.07) is 9.56. The van der Waals surface area contributed by atoms with Gasteiger partial charge in [-0.15, -0.1) is 0 Å². The van der Waals surface area contributed by atoms with Crippen molar-refractivity contribution in [3.8, 4) is 5.75 Å². The van der Waals surface area contributed by atoms with E-state index in [-0.39, 0.29) is 18.0 Å². The second-order valence-electron chi connectivity index (χ2n) is 7.27. The van der Waals surface area contributed by atoms with Crippen LogP contribution in [-0.2, 0) is 12.7 Å². The van der Waals surface area contributed by atoms with Crippen LogP contribution in [-0.4, -0.2) is 34.6 Å². The Hall–Kier alpha value is -2.94. The second kappa shape index (κ2) is 9.71. The molecule has 0 radical (unpaired) electrons. The Balaban J connectivity index is 1.53. The van der Waals surface area contributed by atoms with Gasteiger partial charge in [0.15, 0.2) is 0 Å². The van der Waals surface area contributed by atoms with E-state index in [0.29, 0.717) is 18.2 Å². The Morgan fingerprint density at radius 1 is 1.27 bits per heavy atom. The Bertz CT molecular complexity index is 892. The molecule has 1 aromatic carbocycles. The molecule has 0 aliphatic carbocycles. The number of phenolic OH excluding ortho intramolecular Hbond substituents is 1. The highest BCUT2D eigenvalue weighted by Crippen LogP contribution is 2.31. The monoisotopic (exact) mass is 419 g/mol. The Morgan fingerprint density at radius 3 is 2.70 bits per heavy atom. The van der Waals surface area contributed by atoms with E-state index in [1.807, 2.05) is 12.1 Å². The number of nitrogens with one attached hydrogen (secondary N) is 2. The topological polar surface area (TPSA) is 84.6 Å². The minimum Gasteiger partial charge on any atom is -0.508 e. The van der Waals surface area contributed by atoms with Crippen LogP contribution in [0.3, 0.4) is 0 Å². The average Bonchev–Trinajstić information content (AvgIpc) is 2.73. The summed E-state index contributed by atoms with van der Waals surface area (Å²) in [6.07, 6.45) is 0.180. The van der Waals surface area contributed by atoms with Gasteiger partial charge in [0.25, 0.3) is 0 Å². The molecule has 9 heteroatoms. The zero-order valence-corrected chi connectivity index (χ0v) is 16.4. The molecule has 0 unspecified atom stereocenters. The first-order valence-corrected chi connectivity index (χ1v) is 9.69. The second-order valence-corrected chi connectivity index (χ2v) is 7.27. The van der Waals surface area contributed by atoms with Crippen LogP contribution in [0.4, 0.5) is 13.2 Å². The minimum atomic E-state index is -4.46. The third kappa shape index (κ3) is 5.79. The standard InChI is InChI=1S/C21H24F3N5O/c22-21(23,24)19-5-2-8-27-20(19)13-26-12-17(28-25)14-29-9-6-15(7-10-29)16-3-1-4-18(30)11-16/h1-5,8,11-12,15,25-26,30H,6-7,9-10,13-14H2/b17-12-,28-25?. The number of alkyl halides is 3. The maximum atomic E-state index is 13.0. The van der Waals surface area contributed by atoms with Crippen LogP contribution >= 0.6 is 0 Å². The number of aromatic hydroxyl groups is 1. The fourth-order valence-electron chi connectivity index (χ4n) is 3.65. The number of aromatic nitrogens is 1. The minimum absolute atomic E-state index is 0.0995. The number of halogens is 3. The summed E-state index contributed by atoms with van der Waals surface area (Å²) in [5.74, 6) is 0.637. The molecular weight excluding hydrogens is 395 g/mol. The van der Waals surface area contributed by atoms with Crippen LogP contribution in [0.2, 0.25) is 0 Å². The summed E-state index contributed by atoms with van der Waals surface area (Å²) in [5.41, 5.74) is 8.05. The van der Waals surface area contributed by atoms with Gasteiger partial charge in [-0.1, -0.05) is 12.1 Å². The number of pyridine rings is 1. The maximum absolute atomic E-state index is 13.0. The van der Waals surface area contributed by atoms with Gasteiger partial charge in [-0.25, -0.2) is 5.53 Å². The van der Waals surface area contributed by atoms with Crippen LogP contribution in [0.5, 0.6) is 5.75 Å². The highest BCUT2D eigenvalue weighted by molar-refractivity contribution is 5.30. The number of hydrogen-bond donors (Lipinski definition) is 3. The van der Waals surface area contributed by atoms with Gasteiger partial charge in [0, 0.05) is 18.9 Å². The predicted molar refractivity (Wildman–Crippen MR) is 106 cm³/mol. The van der Waals surface area contributed by atoms with Crippen LogP contribution in [0, 0.1) is 5.53 Å². The Labute approximate surface area is 172 Å². The van der Waals surface area contributed by atoms with E-state index in [0.717, 1.165) is 37.6 Å². The largest absolute Gasteiger partial charge is 0.508 e. The van der Waals surface area contributed by atoms with Crippen LogP contribution in [0.25, 0.3) is 0 Å². The van der Waals surface area contributed by atoms with Crippen molar-refractivity contribution in [2.24, 2.45) is 5.11 Å². The molecule has 0 atom stereocenters. The molecule has 30 heavy (non-hydrogen) atoms. The van der Waals surface area contributed by atoms with Crippen molar-refractivity contribution < 1.29 is 18.3 Å². The highest BCUT2D eigenvalue weighted by Gasteiger charge is 2.33. The molecule has 3 N–H and O–H groups in total. The van der Waals surface area contributed by atoms with Gasteiger partial charge in [0.1, 0.15) is 5.75 Å². The lowest BCUT2D eigenvalue weighted by Gasteiger charge is -2.32. The van der Waals surface area contributed by atoms with Crippen molar-refractivity contribution >= 4 is 0 Å². The summed E-state index contributed by atoms with van der Waals surface area (Å²) >= 11 is 0. The molecule has 1 aromatic heterocycles. The quantitative estimate of drug-likeness (QED) is 0.571. The molecule has 0 amide bonds. The van der Waals surface area contributed by atoms with Crippen molar-refractivity contribution in [1.82, 2.24) is 15.2 Å². The Kier molecular flexibility index (Phi) is 7.04. The molecule has 0 saturated carbocycles. The summed E-state index contributed by atoms with van der Waals surface area (Å²) in [6.45, 7) is 1.96. The van der Waals surface area contributed by atoms with Gasteiger partial charge in [-0.2, -0.15) is 18.3 Å². The lowest BCUT2D eigenvalue weighted by molar-refractivity contribution is -0.138. The van der Waals surface area contributed by atoms with E-state index in [9.17, 15) is 18.3 Å². The van der Waals surface area contributed by atoms with Crippen molar-refractivity contribution in [1.29, 1.82) is 5.53 Å². The molecular formula is C21H24F3N5O. The molecule has 2 heterocycles. The summed E-state index contributed by atoms with van der Waals surface area (Å²) in [4.78, 5) is 5.97. The van der Waals surface area contributed by atoms with Crippen molar-refractivity contribution in [3.05, 3.63) is 71.3 Å². The fourth-order valence-corrected chi connectivity index (χ4v) is 3.65. The number of benzene rings is 1. The number of rotatable bonds is 7. The molecule has 1 saturated heterocycles. The van der Waals surface area contributed by atoms with Gasteiger partial charge in [-0.05, 0) is 61.7 Å². The summed E-state index contributed by atoms with van der Waals surface area (Å²) in [5, 5.41) is 16.0. The SMILES string of the molecule is N=N/C(=C\NCc1ncccc1C(F)(F)F)CN1CCC(c2cccc(O)c2)CC1. The summed E-state index contributed by atoms with van der Waals surface area (Å²) in [7, 11) is 0. The Morgan fingerprint density at radius 2 is 2.03 bits per heavy atom. The molecule has 1 fully saturated rings. The molecule has 1 aliphatic heterocycles. The molecule has 160 valence electrons. The van der Waals surface area contributed by atoms with Gasteiger partial charge < -0.3 is 10.4 Å². The van der Waals surface area contributed by atoms with E-state index in [1.54, 1.807) is 12.1 Å². The zero-order valence-electron chi connectivity index (χ0n) is 16.4. The predicted octanol–water partition coefficient (Wildman–Crippen LogP) is 4.65. The fraction of sp³-hybridized carbons (Fsp3) is 0.381. The van der Waals surface area contributed by atoms with E-state index in [4.69, 9.17) is 5.53 Å². The van der Waals surface area contributed by atoms with E-state index in [1.165, 1.54) is 18.5 Å². The van der Waals surface area contributed by atoms with Gasteiger partial charge >= 0.3 is 6.18 Å². The van der Waals surface area contributed by atoms with Crippen molar-refractivity contribution in [2.45, 2.75) is 31.5 Å². The zero-order chi connectivity index (χ0) is 21.6.